The molecule has 0 radical (unpaired) electrons. The fourth-order valence-electron chi connectivity index (χ4n) is 2.32. The summed E-state index contributed by atoms with van der Waals surface area (Å²) < 4.78 is 26.2. The van der Waals surface area contributed by atoms with Gasteiger partial charge in [-0.25, -0.2) is 8.42 Å². The number of rotatable bonds is 9. The van der Waals surface area contributed by atoms with E-state index in [0.717, 1.165) is 12.2 Å². The maximum Gasteiger partial charge on any atom is 0.243 e. The van der Waals surface area contributed by atoms with Crippen molar-refractivity contribution in [1.82, 2.24) is 4.31 Å². The van der Waals surface area contributed by atoms with Gasteiger partial charge in [0.25, 0.3) is 0 Å². The van der Waals surface area contributed by atoms with Crippen LogP contribution in [0.3, 0.4) is 0 Å². The molecule has 2 aromatic carbocycles. The van der Waals surface area contributed by atoms with Gasteiger partial charge in [-0.3, -0.25) is 4.79 Å². The van der Waals surface area contributed by atoms with Crippen molar-refractivity contribution in [2.75, 3.05) is 18.1 Å². The molecule has 1 amide bonds. The van der Waals surface area contributed by atoms with E-state index in [1.807, 2.05) is 32.0 Å². The molecule has 0 fully saturated rings. The van der Waals surface area contributed by atoms with E-state index in [9.17, 15) is 13.2 Å². The van der Waals surface area contributed by atoms with Crippen molar-refractivity contribution in [1.29, 1.82) is 0 Å². The Bertz CT molecular complexity index is 835. The van der Waals surface area contributed by atoms with Crippen molar-refractivity contribution in [2.45, 2.75) is 42.5 Å². The minimum atomic E-state index is -3.51. The molecule has 0 bridgehead atoms. The second-order valence-electron chi connectivity index (χ2n) is 6.45. The number of nitrogens with one attached hydrogen (secondary N) is 1. The monoisotopic (exact) mass is 406 g/mol. The van der Waals surface area contributed by atoms with Gasteiger partial charge in [-0.05, 0) is 62.4 Å². The molecular weight excluding hydrogens is 380 g/mol. The highest BCUT2D eigenvalue weighted by molar-refractivity contribution is 7.99. The standard InChI is InChI=1S/C20H26N2O3S2/c1-16(2)22(3)27(24,25)19-13-11-17(12-14-19)21-20(23)10-7-15-26-18-8-5-4-6-9-18/h4-6,8-9,11-14,16H,7,10,15H2,1-3H3,(H,21,23). The third kappa shape index (κ3) is 6.37. The van der Waals surface area contributed by atoms with E-state index in [0.29, 0.717) is 12.1 Å². The molecule has 0 atom stereocenters. The molecule has 0 aliphatic heterocycles. The summed E-state index contributed by atoms with van der Waals surface area (Å²) in [6.07, 6.45) is 1.20. The first-order valence-electron chi connectivity index (χ1n) is 8.86. The third-order valence-electron chi connectivity index (χ3n) is 4.10. The van der Waals surface area contributed by atoms with E-state index in [1.54, 1.807) is 30.9 Å². The van der Waals surface area contributed by atoms with Gasteiger partial charge >= 0.3 is 0 Å². The molecule has 1 N–H and O–H groups in total. The minimum absolute atomic E-state index is 0.0708. The number of carbonyl (C=O) groups excluding carboxylic acids is 1. The highest BCUT2D eigenvalue weighted by Gasteiger charge is 2.22. The number of hydrogen-bond donors (Lipinski definition) is 1. The van der Waals surface area contributed by atoms with Crippen LogP contribution in [0.5, 0.6) is 0 Å². The topological polar surface area (TPSA) is 66.5 Å². The number of benzene rings is 2. The van der Waals surface area contributed by atoms with Crippen LogP contribution in [0, 0.1) is 0 Å². The first-order valence-corrected chi connectivity index (χ1v) is 11.3. The molecule has 0 aliphatic carbocycles. The van der Waals surface area contributed by atoms with Gasteiger partial charge in [0.15, 0.2) is 0 Å². The van der Waals surface area contributed by atoms with Crippen molar-refractivity contribution in [2.24, 2.45) is 0 Å². The van der Waals surface area contributed by atoms with Crippen LogP contribution in [0.15, 0.2) is 64.4 Å². The zero-order valence-electron chi connectivity index (χ0n) is 15.9. The minimum Gasteiger partial charge on any atom is -0.326 e. The zero-order valence-corrected chi connectivity index (χ0v) is 17.5. The molecule has 146 valence electrons. The summed E-state index contributed by atoms with van der Waals surface area (Å²) in [6.45, 7) is 3.64. The van der Waals surface area contributed by atoms with Crippen LogP contribution in [-0.4, -0.2) is 37.5 Å². The molecule has 0 saturated heterocycles. The van der Waals surface area contributed by atoms with Crippen molar-refractivity contribution in [3.8, 4) is 0 Å². The van der Waals surface area contributed by atoms with Gasteiger partial charge in [0.05, 0.1) is 4.90 Å². The van der Waals surface area contributed by atoms with Crippen LogP contribution in [0.25, 0.3) is 0 Å². The van der Waals surface area contributed by atoms with Crippen LogP contribution in [0.1, 0.15) is 26.7 Å². The number of anilines is 1. The van der Waals surface area contributed by atoms with Gasteiger partial charge < -0.3 is 5.32 Å². The second kappa shape index (κ2) is 9.92. The smallest absolute Gasteiger partial charge is 0.243 e. The van der Waals surface area contributed by atoms with E-state index in [2.05, 4.69) is 17.4 Å². The Balaban J connectivity index is 1.82. The summed E-state index contributed by atoms with van der Waals surface area (Å²) in [5.41, 5.74) is 0.599. The summed E-state index contributed by atoms with van der Waals surface area (Å²) in [7, 11) is -1.95. The zero-order chi connectivity index (χ0) is 19.9. The SMILES string of the molecule is CC(C)N(C)S(=O)(=O)c1ccc(NC(=O)CCCSc2ccccc2)cc1. The Morgan fingerprint density at radius 1 is 1.07 bits per heavy atom. The molecule has 2 rings (SSSR count). The fraction of sp³-hybridized carbons (Fsp3) is 0.350. The largest absolute Gasteiger partial charge is 0.326 e. The van der Waals surface area contributed by atoms with E-state index in [-0.39, 0.29) is 16.8 Å². The van der Waals surface area contributed by atoms with E-state index >= 15 is 0 Å². The van der Waals surface area contributed by atoms with Crippen molar-refractivity contribution >= 4 is 33.4 Å². The summed E-state index contributed by atoms with van der Waals surface area (Å²) in [5.74, 6) is 0.800. The number of thioether (sulfide) groups is 1. The highest BCUT2D eigenvalue weighted by Crippen LogP contribution is 2.20. The fourth-order valence-corrected chi connectivity index (χ4v) is 4.56. The number of amides is 1. The first-order chi connectivity index (χ1) is 12.8. The van der Waals surface area contributed by atoms with Crippen molar-refractivity contribution < 1.29 is 13.2 Å². The molecule has 27 heavy (non-hydrogen) atoms. The third-order valence-corrected chi connectivity index (χ3v) is 7.25. The Kier molecular flexibility index (Phi) is 7.89. The average molecular weight is 407 g/mol. The van der Waals surface area contributed by atoms with Gasteiger partial charge in [0, 0.05) is 30.1 Å². The molecule has 0 heterocycles. The van der Waals surface area contributed by atoms with Crippen LogP contribution < -0.4 is 5.32 Å². The molecule has 0 aromatic heterocycles. The molecule has 0 aliphatic rings. The van der Waals surface area contributed by atoms with Crippen molar-refractivity contribution in [3.05, 3.63) is 54.6 Å². The molecule has 2 aromatic rings. The summed E-state index contributed by atoms with van der Waals surface area (Å²) in [4.78, 5) is 13.5. The Hall–Kier alpha value is -1.83. The van der Waals surface area contributed by atoms with Crippen molar-refractivity contribution in [3.63, 3.8) is 0 Å². The number of carbonyl (C=O) groups is 1. The highest BCUT2D eigenvalue weighted by atomic mass is 32.2. The number of nitrogens with zero attached hydrogens (tertiary/aromatic N) is 1. The molecule has 0 spiro atoms. The summed E-state index contributed by atoms with van der Waals surface area (Å²) in [5, 5.41) is 2.81. The lowest BCUT2D eigenvalue weighted by Crippen LogP contribution is -2.33. The predicted octanol–water partition coefficient (Wildman–Crippen LogP) is 4.23. The van der Waals surface area contributed by atoms with Gasteiger partial charge in [-0.2, -0.15) is 4.31 Å². The number of sulfonamides is 1. The van der Waals surface area contributed by atoms with Gasteiger partial charge in [-0.1, -0.05) is 18.2 Å². The predicted molar refractivity (Wildman–Crippen MR) is 112 cm³/mol. The quantitative estimate of drug-likeness (QED) is 0.500. The normalized spacial score (nSPS) is 11.7. The van der Waals surface area contributed by atoms with Gasteiger partial charge in [0.1, 0.15) is 0 Å². The molecule has 7 heteroatoms. The molecule has 0 saturated carbocycles. The lowest BCUT2D eigenvalue weighted by atomic mass is 10.3. The number of hydrogen-bond acceptors (Lipinski definition) is 4. The Morgan fingerprint density at radius 3 is 2.30 bits per heavy atom. The summed E-state index contributed by atoms with van der Waals surface area (Å²) in [6, 6.07) is 16.3. The van der Waals surface area contributed by atoms with E-state index < -0.39 is 10.0 Å². The maximum absolute atomic E-state index is 12.4. The molecule has 0 unspecified atom stereocenters. The maximum atomic E-state index is 12.4. The lowest BCUT2D eigenvalue weighted by molar-refractivity contribution is -0.116. The summed E-state index contributed by atoms with van der Waals surface area (Å²) >= 11 is 1.73. The van der Waals surface area contributed by atoms with E-state index in [1.165, 1.54) is 21.3 Å². The van der Waals surface area contributed by atoms with Crippen LogP contribution in [-0.2, 0) is 14.8 Å². The first kappa shape index (κ1) is 21.5. The molecular formula is C20H26N2O3S2. The van der Waals surface area contributed by atoms with E-state index in [4.69, 9.17) is 0 Å². The average Bonchev–Trinajstić information content (AvgIpc) is 2.66. The van der Waals surface area contributed by atoms with Crippen LogP contribution in [0.4, 0.5) is 5.69 Å². The second-order valence-corrected chi connectivity index (χ2v) is 9.62. The van der Waals surface area contributed by atoms with Gasteiger partial charge in [0.2, 0.25) is 15.9 Å². The molecule has 5 nitrogen and oxygen atoms in total. The van der Waals surface area contributed by atoms with Crippen LogP contribution >= 0.6 is 11.8 Å². The van der Waals surface area contributed by atoms with Crippen LogP contribution in [0.2, 0.25) is 0 Å². The Morgan fingerprint density at radius 2 is 1.70 bits per heavy atom. The van der Waals surface area contributed by atoms with Gasteiger partial charge in [-0.15, -0.1) is 11.8 Å². The lowest BCUT2D eigenvalue weighted by Gasteiger charge is -2.21. The Labute approximate surface area is 166 Å².